The van der Waals surface area contributed by atoms with Gasteiger partial charge in [-0.1, -0.05) is 12.7 Å². The number of benzene rings is 1. The first kappa shape index (κ1) is 13.2. The van der Waals surface area contributed by atoms with E-state index in [9.17, 15) is 13.2 Å². The molecule has 0 amide bonds. The van der Waals surface area contributed by atoms with E-state index in [4.69, 9.17) is 14.4 Å². The van der Waals surface area contributed by atoms with Gasteiger partial charge in [0, 0.05) is 0 Å². The van der Waals surface area contributed by atoms with Gasteiger partial charge in [-0.25, -0.2) is 4.79 Å². The molecule has 92 valence electrons. The third kappa shape index (κ3) is 3.30. The van der Waals surface area contributed by atoms with Gasteiger partial charge < -0.3 is 9.84 Å². The summed E-state index contributed by atoms with van der Waals surface area (Å²) in [5.41, 5.74) is -0.261. The van der Waals surface area contributed by atoms with E-state index >= 15 is 0 Å². The van der Waals surface area contributed by atoms with Crippen LogP contribution in [-0.2, 0) is 10.1 Å². The molecule has 0 bridgehead atoms. The van der Waals surface area contributed by atoms with E-state index in [-0.39, 0.29) is 17.9 Å². The Morgan fingerprint density at radius 3 is 2.59 bits per heavy atom. The average molecular weight is 258 g/mol. The molecule has 1 rings (SSSR count). The molecule has 2 N–H and O–H groups in total. The average Bonchev–Trinajstić information content (AvgIpc) is 2.24. The van der Waals surface area contributed by atoms with Crippen molar-refractivity contribution in [3.8, 4) is 5.75 Å². The summed E-state index contributed by atoms with van der Waals surface area (Å²) in [5.74, 6) is -1.43. The summed E-state index contributed by atoms with van der Waals surface area (Å²) in [6, 6.07) is 3.17. The van der Waals surface area contributed by atoms with Gasteiger partial charge >= 0.3 is 5.97 Å². The summed E-state index contributed by atoms with van der Waals surface area (Å²) in [4.78, 5) is 10.1. The van der Waals surface area contributed by atoms with Gasteiger partial charge in [0.25, 0.3) is 10.1 Å². The number of rotatable bonds is 5. The van der Waals surface area contributed by atoms with E-state index in [0.29, 0.717) is 0 Å². The lowest BCUT2D eigenvalue weighted by atomic mass is 10.2. The van der Waals surface area contributed by atoms with Crippen LogP contribution in [0.3, 0.4) is 0 Å². The van der Waals surface area contributed by atoms with Gasteiger partial charge in [-0.2, -0.15) is 8.42 Å². The molecule has 0 saturated carbocycles. The van der Waals surface area contributed by atoms with E-state index in [1.807, 2.05) is 0 Å². The molecule has 0 spiro atoms. The zero-order valence-electron chi connectivity index (χ0n) is 8.66. The number of carbonyl (C=O) groups is 1. The molecular formula is C10H10O6S. The summed E-state index contributed by atoms with van der Waals surface area (Å²) >= 11 is 0. The van der Waals surface area contributed by atoms with Crippen LogP contribution in [0.15, 0.2) is 35.7 Å². The zero-order chi connectivity index (χ0) is 13.1. The van der Waals surface area contributed by atoms with Crippen molar-refractivity contribution in [3.63, 3.8) is 0 Å². The van der Waals surface area contributed by atoms with Crippen LogP contribution >= 0.6 is 0 Å². The number of aromatic carboxylic acids is 1. The molecule has 0 heterocycles. The maximum absolute atomic E-state index is 11.0. The molecule has 1 aromatic carbocycles. The molecule has 0 aliphatic carbocycles. The molecule has 0 aliphatic rings. The highest BCUT2D eigenvalue weighted by Crippen LogP contribution is 2.25. The first-order chi connectivity index (χ1) is 7.86. The summed E-state index contributed by atoms with van der Waals surface area (Å²) in [6.45, 7) is 3.42. The Balaban J connectivity index is 3.31. The lowest BCUT2D eigenvalue weighted by Gasteiger charge is -2.08. The smallest absolute Gasteiger partial charge is 0.335 e. The Labute approximate surface area is 97.9 Å². The van der Waals surface area contributed by atoms with Gasteiger partial charge in [-0.15, -0.1) is 0 Å². The molecule has 0 aliphatic heterocycles. The molecule has 0 radical (unpaired) electrons. The quantitative estimate of drug-likeness (QED) is 0.607. The number of hydrogen-bond donors (Lipinski definition) is 2. The molecule has 7 heteroatoms. The maximum Gasteiger partial charge on any atom is 0.335 e. The maximum atomic E-state index is 11.0. The van der Waals surface area contributed by atoms with Crippen molar-refractivity contribution in [1.82, 2.24) is 0 Å². The summed E-state index contributed by atoms with van der Waals surface area (Å²) < 4.78 is 36.0. The monoisotopic (exact) mass is 258 g/mol. The van der Waals surface area contributed by atoms with Crippen molar-refractivity contribution < 1.29 is 27.6 Å². The molecule has 1 aromatic rings. The topological polar surface area (TPSA) is 101 Å². The molecule has 0 saturated heterocycles. The van der Waals surface area contributed by atoms with Gasteiger partial charge in [0.05, 0.1) is 5.56 Å². The fourth-order valence-corrected chi connectivity index (χ4v) is 1.77. The SMILES string of the molecule is C=CCOc1ccc(C(=O)O)cc1S(=O)(=O)O. The fourth-order valence-electron chi connectivity index (χ4n) is 1.11. The summed E-state index contributed by atoms with van der Waals surface area (Å²) in [5, 5.41) is 8.71. The highest BCUT2D eigenvalue weighted by Gasteiger charge is 2.19. The van der Waals surface area contributed by atoms with Crippen molar-refractivity contribution in [1.29, 1.82) is 0 Å². The third-order valence-corrected chi connectivity index (χ3v) is 2.70. The predicted molar refractivity (Wildman–Crippen MR) is 58.9 cm³/mol. The number of ether oxygens (including phenoxy) is 1. The lowest BCUT2D eigenvalue weighted by Crippen LogP contribution is -2.06. The van der Waals surface area contributed by atoms with Crippen molar-refractivity contribution >= 4 is 16.1 Å². The largest absolute Gasteiger partial charge is 0.488 e. The minimum absolute atomic E-state index is 0.0366. The lowest BCUT2D eigenvalue weighted by molar-refractivity contribution is 0.0696. The summed E-state index contributed by atoms with van der Waals surface area (Å²) in [6.07, 6.45) is 1.39. The second kappa shape index (κ2) is 4.98. The van der Waals surface area contributed by atoms with Crippen LogP contribution in [0.2, 0.25) is 0 Å². The minimum Gasteiger partial charge on any atom is -0.488 e. The fraction of sp³-hybridized carbons (Fsp3) is 0.100. The van der Waals surface area contributed by atoms with Gasteiger partial charge in [0.1, 0.15) is 17.3 Å². The van der Waals surface area contributed by atoms with Gasteiger partial charge in [0.15, 0.2) is 0 Å². The standard InChI is InChI=1S/C10H10O6S/c1-2-5-16-8-4-3-7(10(11)12)6-9(8)17(13,14)15/h2-4,6H,1,5H2,(H,11,12)(H,13,14,15). The zero-order valence-corrected chi connectivity index (χ0v) is 9.48. The molecular weight excluding hydrogens is 248 g/mol. The number of hydrogen-bond acceptors (Lipinski definition) is 4. The van der Waals surface area contributed by atoms with Crippen molar-refractivity contribution in [3.05, 3.63) is 36.4 Å². The predicted octanol–water partition coefficient (Wildman–Crippen LogP) is 1.20. The van der Waals surface area contributed by atoms with Gasteiger partial charge in [0.2, 0.25) is 0 Å². The van der Waals surface area contributed by atoms with Gasteiger partial charge in [-0.3, -0.25) is 4.55 Å². The van der Waals surface area contributed by atoms with Crippen LogP contribution in [0.4, 0.5) is 0 Å². The van der Waals surface area contributed by atoms with Crippen LogP contribution in [0.5, 0.6) is 5.75 Å². The molecule has 0 aromatic heterocycles. The minimum atomic E-state index is -4.54. The van der Waals surface area contributed by atoms with Crippen molar-refractivity contribution in [2.45, 2.75) is 4.90 Å². The van der Waals surface area contributed by atoms with Gasteiger partial charge in [-0.05, 0) is 18.2 Å². The van der Waals surface area contributed by atoms with E-state index in [0.717, 1.165) is 12.1 Å². The molecule has 0 unspecified atom stereocenters. The Morgan fingerprint density at radius 2 is 2.12 bits per heavy atom. The van der Waals surface area contributed by atoms with Crippen molar-refractivity contribution in [2.75, 3.05) is 6.61 Å². The molecule has 6 nitrogen and oxygen atoms in total. The van der Waals surface area contributed by atoms with Crippen LogP contribution in [-0.4, -0.2) is 30.7 Å². The first-order valence-electron chi connectivity index (χ1n) is 4.45. The van der Waals surface area contributed by atoms with Crippen LogP contribution in [0.1, 0.15) is 10.4 Å². The highest BCUT2D eigenvalue weighted by atomic mass is 32.2. The Bertz CT molecular complexity index is 546. The highest BCUT2D eigenvalue weighted by molar-refractivity contribution is 7.86. The summed E-state index contributed by atoms with van der Waals surface area (Å²) in [7, 11) is -4.54. The second-order valence-corrected chi connectivity index (χ2v) is 4.43. The van der Waals surface area contributed by atoms with Crippen LogP contribution in [0.25, 0.3) is 0 Å². The Morgan fingerprint density at radius 1 is 1.47 bits per heavy atom. The Hall–Kier alpha value is -1.86. The van der Waals surface area contributed by atoms with E-state index < -0.39 is 21.0 Å². The molecule has 17 heavy (non-hydrogen) atoms. The number of carboxylic acids is 1. The van der Waals surface area contributed by atoms with E-state index in [1.165, 1.54) is 12.1 Å². The number of carboxylic acid groups (broad SMARTS) is 1. The Kier molecular flexibility index (Phi) is 3.87. The molecule has 0 fully saturated rings. The molecule has 0 atom stereocenters. The second-order valence-electron chi connectivity index (χ2n) is 3.04. The third-order valence-electron chi connectivity index (χ3n) is 1.83. The van der Waals surface area contributed by atoms with Crippen molar-refractivity contribution in [2.24, 2.45) is 0 Å². The van der Waals surface area contributed by atoms with E-state index in [1.54, 1.807) is 0 Å². The normalized spacial score (nSPS) is 10.9. The van der Waals surface area contributed by atoms with Crippen LogP contribution < -0.4 is 4.74 Å². The first-order valence-corrected chi connectivity index (χ1v) is 5.89. The van der Waals surface area contributed by atoms with Crippen LogP contribution in [0, 0.1) is 0 Å². The van der Waals surface area contributed by atoms with E-state index in [2.05, 4.69) is 6.58 Å².